The lowest BCUT2D eigenvalue weighted by atomic mass is 10.2. The van der Waals surface area contributed by atoms with Crippen molar-refractivity contribution in [3.63, 3.8) is 0 Å². The maximum atomic E-state index is 10.2. The molecule has 1 aromatic heterocycles. The zero-order chi connectivity index (χ0) is 18.9. The van der Waals surface area contributed by atoms with Gasteiger partial charge in [-0.05, 0) is 50.6 Å². The molecule has 0 saturated heterocycles. The molecule has 1 atom stereocenters. The summed E-state index contributed by atoms with van der Waals surface area (Å²) < 4.78 is 6.32. The topological polar surface area (TPSA) is 65.9 Å². The van der Waals surface area contributed by atoms with Gasteiger partial charge in [-0.2, -0.15) is 0 Å². The van der Waals surface area contributed by atoms with E-state index < -0.39 is 6.10 Å². The van der Waals surface area contributed by atoms with Crippen LogP contribution in [-0.2, 0) is 6.54 Å². The number of aliphatic hydroxyl groups is 1. The number of nitrogens with zero attached hydrogens (tertiary/aromatic N) is 1. The lowest BCUT2D eigenvalue weighted by Crippen LogP contribution is -2.39. The Labute approximate surface area is 164 Å². The van der Waals surface area contributed by atoms with E-state index in [-0.39, 0.29) is 6.10 Å². The van der Waals surface area contributed by atoms with E-state index in [0.29, 0.717) is 23.4 Å². The van der Waals surface area contributed by atoms with Crippen LogP contribution in [0.15, 0.2) is 41.4 Å². The average molecular weight is 396 g/mol. The Balaban J connectivity index is 1.91. The first-order chi connectivity index (χ1) is 12.5. The van der Waals surface area contributed by atoms with Crippen molar-refractivity contribution in [2.45, 2.75) is 39.5 Å². The van der Waals surface area contributed by atoms with Crippen LogP contribution >= 0.6 is 22.9 Å². The van der Waals surface area contributed by atoms with Crippen LogP contribution in [0.1, 0.15) is 37.3 Å². The Morgan fingerprint density at radius 3 is 2.50 bits per heavy atom. The first-order valence-corrected chi connectivity index (χ1v) is 9.88. The number of nitrogens with one attached hydrogen (secondary N) is 2. The van der Waals surface area contributed by atoms with Gasteiger partial charge in [0.1, 0.15) is 11.9 Å². The second-order valence-corrected chi connectivity index (χ2v) is 7.79. The molecule has 0 fully saturated rings. The second kappa shape index (κ2) is 10.4. The summed E-state index contributed by atoms with van der Waals surface area (Å²) in [5.74, 6) is 1.52. The smallest absolute Gasteiger partial charge is 0.191 e. The number of ether oxygens (including phenoxy) is 1. The number of hydrogen-bond acceptors (Lipinski definition) is 4. The van der Waals surface area contributed by atoms with Gasteiger partial charge < -0.3 is 20.5 Å². The van der Waals surface area contributed by atoms with Crippen molar-refractivity contribution in [2.75, 3.05) is 13.1 Å². The molecule has 0 radical (unpaired) electrons. The number of thiophene rings is 1. The van der Waals surface area contributed by atoms with E-state index in [1.54, 1.807) is 6.07 Å². The van der Waals surface area contributed by atoms with Crippen molar-refractivity contribution in [1.29, 1.82) is 0 Å². The van der Waals surface area contributed by atoms with E-state index in [2.05, 4.69) is 15.6 Å². The van der Waals surface area contributed by atoms with E-state index in [0.717, 1.165) is 22.7 Å². The Bertz CT molecular complexity index is 701. The maximum absolute atomic E-state index is 10.2. The van der Waals surface area contributed by atoms with Crippen molar-refractivity contribution in [3.8, 4) is 5.75 Å². The summed E-state index contributed by atoms with van der Waals surface area (Å²) in [4.78, 5) is 5.40. The van der Waals surface area contributed by atoms with Crippen LogP contribution < -0.4 is 15.4 Å². The molecule has 0 aliphatic heterocycles. The lowest BCUT2D eigenvalue weighted by molar-refractivity contribution is 0.184. The second-order valence-electron chi connectivity index (χ2n) is 6.04. The third-order valence-corrected chi connectivity index (χ3v) is 4.78. The molecule has 2 rings (SSSR count). The van der Waals surface area contributed by atoms with Crippen LogP contribution in [-0.4, -0.2) is 30.3 Å². The summed E-state index contributed by atoms with van der Waals surface area (Å²) in [6.45, 7) is 7.66. The minimum Gasteiger partial charge on any atom is -0.491 e. The zero-order valence-corrected chi connectivity index (χ0v) is 16.9. The average Bonchev–Trinajstić information content (AvgIpc) is 3.04. The van der Waals surface area contributed by atoms with Gasteiger partial charge in [0.25, 0.3) is 0 Å². The fourth-order valence-electron chi connectivity index (χ4n) is 2.26. The number of benzene rings is 1. The highest BCUT2D eigenvalue weighted by Crippen LogP contribution is 2.26. The fraction of sp³-hybridized carbons (Fsp3) is 0.421. The minimum atomic E-state index is -0.621. The maximum Gasteiger partial charge on any atom is 0.191 e. The number of rotatable bonds is 8. The van der Waals surface area contributed by atoms with Gasteiger partial charge in [0.05, 0.1) is 17.0 Å². The Morgan fingerprint density at radius 2 is 1.92 bits per heavy atom. The molecule has 2 aromatic rings. The fourth-order valence-corrected chi connectivity index (χ4v) is 3.31. The summed E-state index contributed by atoms with van der Waals surface area (Å²) in [6, 6.07) is 11.5. The van der Waals surface area contributed by atoms with Crippen LogP contribution in [0.25, 0.3) is 0 Å². The summed E-state index contributed by atoms with van der Waals surface area (Å²) in [6.07, 6.45) is -0.461. The normalized spacial score (nSPS) is 12.9. The van der Waals surface area contributed by atoms with Gasteiger partial charge >= 0.3 is 0 Å². The lowest BCUT2D eigenvalue weighted by Gasteiger charge is -2.14. The Hall–Kier alpha value is -1.76. The Morgan fingerprint density at radius 1 is 1.19 bits per heavy atom. The summed E-state index contributed by atoms with van der Waals surface area (Å²) in [5, 5.41) is 16.6. The molecule has 0 saturated carbocycles. The van der Waals surface area contributed by atoms with Crippen molar-refractivity contribution in [3.05, 3.63) is 51.2 Å². The van der Waals surface area contributed by atoms with Gasteiger partial charge in [0, 0.05) is 18.0 Å². The number of hydrogen-bond donors (Lipinski definition) is 3. The largest absolute Gasteiger partial charge is 0.491 e. The van der Waals surface area contributed by atoms with E-state index in [1.165, 1.54) is 11.3 Å². The first-order valence-electron chi connectivity index (χ1n) is 8.69. The van der Waals surface area contributed by atoms with Gasteiger partial charge in [-0.25, -0.2) is 4.99 Å². The van der Waals surface area contributed by atoms with Crippen LogP contribution in [0.2, 0.25) is 4.34 Å². The van der Waals surface area contributed by atoms with Crippen LogP contribution in [0.4, 0.5) is 0 Å². The molecule has 0 aliphatic carbocycles. The summed E-state index contributed by atoms with van der Waals surface area (Å²) in [7, 11) is 0. The summed E-state index contributed by atoms with van der Waals surface area (Å²) >= 11 is 7.30. The summed E-state index contributed by atoms with van der Waals surface area (Å²) in [5.41, 5.74) is 1.09. The van der Waals surface area contributed by atoms with Gasteiger partial charge in [0.2, 0.25) is 0 Å². The van der Waals surface area contributed by atoms with Gasteiger partial charge in [-0.1, -0.05) is 23.7 Å². The number of aliphatic hydroxyl groups excluding tert-OH is 1. The van der Waals surface area contributed by atoms with Crippen molar-refractivity contribution in [2.24, 2.45) is 4.99 Å². The van der Waals surface area contributed by atoms with Gasteiger partial charge in [0.15, 0.2) is 5.96 Å². The quantitative estimate of drug-likeness (QED) is 0.467. The highest BCUT2D eigenvalue weighted by Gasteiger charge is 2.11. The van der Waals surface area contributed by atoms with Crippen LogP contribution in [0.5, 0.6) is 5.75 Å². The number of guanidine groups is 1. The molecule has 142 valence electrons. The van der Waals surface area contributed by atoms with Gasteiger partial charge in [-0.3, -0.25) is 0 Å². The third kappa shape index (κ3) is 6.86. The molecule has 3 N–H and O–H groups in total. The minimum absolute atomic E-state index is 0.160. The molecule has 0 bridgehead atoms. The van der Waals surface area contributed by atoms with Crippen LogP contribution in [0.3, 0.4) is 0 Å². The molecule has 1 aromatic carbocycles. The van der Waals surface area contributed by atoms with E-state index in [9.17, 15) is 5.11 Å². The van der Waals surface area contributed by atoms with Crippen molar-refractivity contribution < 1.29 is 9.84 Å². The molecule has 0 spiro atoms. The molecule has 1 unspecified atom stereocenters. The molecule has 5 nitrogen and oxygen atoms in total. The number of aliphatic imine (C=N–C) groups is 1. The highest BCUT2D eigenvalue weighted by molar-refractivity contribution is 7.16. The Kier molecular flexibility index (Phi) is 8.22. The molecular weight excluding hydrogens is 370 g/mol. The van der Waals surface area contributed by atoms with Crippen LogP contribution in [0, 0.1) is 0 Å². The number of halogens is 1. The highest BCUT2D eigenvalue weighted by atomic mass is 35.5. The van der Waals surface area contributed by atoms with Crippen molar-refractivity contribution in [1.82, 2.24) is 10.6 Å². The zero-order valence-electron chi connectivity index (χ0n) is 15.3. The molecule has 7 heteroatoms. The van der Waals surface area contributed by atoms with Crippen molar-refractivity contribution >= 4 is 28.9 Å². The van der Waals surface area contributed by atoms with E-state index in [4.69, 9.17) is 16.3 Å². The van der Waals surface area contributed by atoms with E-state index >= 15 is 0 Å². The third-order valence-electron chi connectivity index (χ3n) is 3.44. The standard InChI is InChI=1S/C19H26ClN3O2S/c1-4-21-19(23-12-16(24)17-9-10-18(20)26-17)22-11-14-5-7-15(8-6-14)25-13(2)3/h5-10,13,16,24H,4,11-12H2,1-3H3,(H2,21,22,23). The molecule has 0 amide bonds. The van der Waals surface area contributed by atoms with Gasteiger partial charge in [-0.15, -0.1) is 11.3 Å². The molecule has 26 heavy (non-hydrogen) atoms. The molecule has 0 aliphatic rings. The first kappa shape index (κ1) is 20.6. The molecule has 1 heterocycles. The SMILES string of the molecule is CCNC(=NCc1ccc(OC(C)C)cc1)NCC(O)c1ccc(Cl)s1. The monoisotopic (exact) mass is 395 g/mol. The predicted molar refractivity (Wildman–Crippen MR) is 109 cm³/mol. The predicted octanol–water partition coefficient (Wildman–Crippen LogP) is 3.98. The molecular formula is C19H26ClN3O2S. The van der Waals surface area contributed by atoms with E-state index in [1.807, 2.05) is 51.1 Å².